The van der Waals surface area contributed by atoms with Crippen LogP contribution in [0.3, 0.4) is 0 Å². The second-order valence-corrected chi connectivity index (χ2v) is 6.16. The number of rotatable bonds is 7. The van der Waals surface area contributed by atoms with Crippen molar-refractivity contribution in [2.75, 3.05) is 14.1 Å². The predicted octanol–water partition coefficient (Wildman–Crippen LogP) is 4.43. The summed E-state index contributed by atoms with van der Waals surface area (Å²) in [4.78, 5) is 10.3. The van der Waals surface area contributed by atoms with Gasteiger partial charge in [0.15, 0.2) is 0 Å². The lowest BCUT2D eigenvalue weighted by atomic mass is 10.1. The average molecular weight is 416 g/mol. The van der Waals surface area contributed by atoms with Crippen LogP contribution in [0.2, 0.25) is 0 Å². The Morgan fingerprint density at radius 3 is 1.85 bits per heavy atom. The molecule has 152 valence electrons. The van der Waals surface area contributed by atoms with Gasteiger partial charge in [-0.05, 0) is 46.3 Å². The molecule has 0 amide bonds. The largest absolute Gasteiger partial charge is 0.317 e. The Hall–Kier alpha value is -1.66. The van der Waals surface area contributed by atoms with Crippen LogP contribution in [0.25, 0.3) is 0 Å². The van der Waals surface area contributed by atoms with E-state index < -0.39 is 0 Å². The molecule has 0 aliphatic heterocycles. The summed E-state index contributed by atoms with van der Waals surface area (Å²) in [5, 5.41) is 16.9. The van der Waals surface area contributed by atoms with Gasteiger partial charge in [-0.1, -0.05) is 48.5 Å². The Balaban J connectivity index is 0. The van der Waals surface area contributed by atoms with Gasteiger partial charge in [-0.3, -0.25) is 10.1 Å². The number of nitro groups is 1. The third-order valence-electron chi connectivity index (χ3n) is 4.08. The van der Waals surface area contributed by atoms with Crippen LogP contribution < -0.4 is 10.6 Å². The van der Waals surface area contributed by atoms with Gasteiger partial charge in [0.2, 0.25) is 0 Å². The molecular formula is C20H31Cl2N3O2. The highest BCUT2D eigenvalue weighted by atomic mass is 35.5. The molecule has 0 aromatic heterocycles. The standard InChI is InChI=1S/C10H14N2O2.C10H15N.2ClH/c1-8(11-2)7-9-5-3-4-6-10(9)12(13)14;1-9(11-2)8-10-6-4-3-5-7-10;;/h3-6,8,11H,7H2,1-2H3;3-7,9,11H,8H2,1-2H3;2*1H/t;9-;;/m.0../s1. The molecule has 0 saturated heterocycles. The van der Waals surface area contributed by atoms with Crippen molar-refractivity contribution in [2.24, 2.45) is 0 Å². The van der Waals surface area contributed by atoms with E-state index in [-0.39, 0.29) is 41.5 Å². The van der Waals surface area contributed by atoms with Crippen LogP contribution in [0.4, 0.5) is 5.69 Å². The Labute approximate surface area is 174 Å². The Morgan fingerprint density at radius 2 is 1.33 bits per heavy atom. The predicted molar refractivity (Wildman–Crippen MR) is 118 cm³/mol. The number of hydrogen-bond acceptors (Lipinski definition) is 4. The molecule has 2 N–H and O–H groups in total. The topological polar surface area (TPSA) is 67.2 Å². The van der Waals surface area contributed by atoms with Crippen molar-refractivity contribution >= 4 is 30.5 Å². The minimum atomic E-state index is -0.336. The molecule has 0 bridgehead atoms. The number of nitrogens with zero attached hydrogens (tertiary/aromatic N) is 1. The van der Waals surface area contributed by atoms with Crippen molar-refractivity contribution in [2.45, 2.75) is 38.8 Å². The average Bonchev–Trinajstić information content (AvgIpc) is 2.63. The van der Waals surface area contributed by atoms with E-state index in [9.17, 15) is 10.1 Å². The van der Waals surface area contributed by atoms with Gasteiger partial charge in [-0.15, -0.1) is 24.8 Å². The summed E-state index contributed by atoms with van der Waals surface area (Å²) in [6.45, 7) is 4.18. The van der Waals surface area contributed by atoms with Crippen LogP contribution in [0.1, 0.15) is 25.0 Å². The summed E-state index contributed by atoms with van der Waals surface area (Å²) in [6.07, 6.45) is 1.78. The first-order chi connectivity index (χ1) is 12.0. The lowest BCUT2D eigenvalue weighted by Gasteiger charge is -2.09. The van der Waals surface area contributed by atoms with Gasteiger partial charge in [0.25, 0.3) is 5.69 Å². The highest BCUT2D eigenvalue weighted by Gasteiger charge is 2.13. The van der Waals surface area contributed by atoms with Crippen LogP contribution in [-0.2, 0) is 12.8 Å². The quantitative estimate of drug-likeness (QED) is 0.518. The Kier molecular flexibility index (Phi) is 15.7. The van der Waals surface area contributed by atoms with Crippen molar-refractivity contribution in [3.63, 3.8) is 0 Å². The van der Waals surface area contributed by atoms with Gasteiger partial charge < -0.3 is 10.6 Å². The zero-order valence-electron chi connectivity index (χ0n) is 16.3. The van der Waals surface area contributed by atoms with Crippen molar-refractivity contribution < 1.29 is 4.92 Å². The molecule has 0 fully saturated rings. The molecule has 2 aromatic carbocycles. The molecule has 5 nitrogen and oxygen atoms in total. The molecule has 2 atom stereocenters. The third-order valence-corrected chi connectivity index (χ3v) is 4.08. The minimum absolute atomic E-state index is 0. The number of para-hydroxylation sites is 1. The highest BCUT2D eigenvalue weighted by molar-refractivity contribution is 5.85. The second kappa shape index (κ2) is 15.4. The number of halogens is 2. The summed E-state index contributed by atoms with van der Waals surface area (Å²) in [7, 11) is 3.84. The monoisotopic (exact) mass is 415 g/mol. The summed E-state index contributed by atoms with van der Waals surface area (Å²) >= 11 is 0. The van der Waals surface area contributed by atoms with Crippen LogP contribution in [-0.4, -0.2) is 31.1 Å². The van der Waals surface area contributed by atoms with Crippen molar-refractivity contribution in [1.29, 1.82) is 0 Å². The maximum absolute atomic E-state index is 10.7. The maximum Gasteiger partial charge on any atom is 0.272 e. The first-order valence-corrected chi connectivity index (χ1v) is 8.58. The number of likely N-dealkylation sites (N-methyl/N-ethyl adjacent to an activating group) is 2. The van der Waals surface area contributed by atoms with E-state index in [1.54, 1.807) is 12.1 Å². The lowest BCUT2D eigenvalue weighted by molar-refractivity contribution is -0.385. The van der Waals surface area contributed by atoms with E-state index in [0.29, 0.717) is 12.5 Å². The van der Waals surface area contributed by atoms with Gasteiger partial charge in [-0.25, -0.2) is 0 Å². The zero-order valence-corrected chi connectivity index (χ0v) is 18.0. The van der Waals surface area contributed by atoms with Crippen LogP contribution in [0, 0.1) is 10.1 Å². The van der Waals surface area contributed by atoms with Gasteiger partial charge in [0.05, 0.1) is 4.92 Å². The van der Waals surface area contributed by atoms with E-state index in [1.807, 2.05) is 33.2 Å². The smallest absolute Gasteiger partial charge is 0.272 e. The minimum Gasteiger partial charge on any atom is -0.317 e. The molecule has 0 saturated carbocycles. The molecule has 2 aromatic rings. The second-order valence-electron chi connectivity index (χ2n) is 6.16. The molecule has 0 radical (unpaired) electrons. The molecular weight excluding hydrogens is 385 g/mol. The molecule has 0 spiro atoms. The van der Waals surface area contributed by atoms with Crippen molar-refractivity contribution in [3.8, 4) is 0 Å². The number of benzene rings is 2. The zero-order chi connectivity index (χ0) is 18.7. The number of nitrogens with one attached hydrogen (secondary N) is 2. The highest BCUT2D eigenvalue weighted by Crippen LogP contribution is 2.18. The third kappa shape index (κ3) is 10.9. The summed E-state index contributed by atoms with van der Waals surface area (Å²) in [5.74, 6) is 0. The fourth-order valence-electron chi connectivity index (χ4n) is 2.36. The normalized spacial score (nSPS) is 11.7. The molecule has 2 rings (SSSR count). The molecule has 27 heavy (non-hydrogen) atoms. The number of nitro benzene ring substituents is 1. The summed E-state index contributed by atoms with van der Waals surface area (Å²) < 4.78 is 0. The molecule has 0 aliphatic carbocycles. The first kappa shape index (κ1) is 27.6. The first-order valence-electron chi connectivity index (χ1n) is 8.58. The van der Waals surface area contributed by atoms with E-state index in [2.05, 4.69) is 41.8 Å². The number of hydrogen-bond donors (Lipinski definition) is 2. The van der Waals surface area contributed by atoms with E-state index >= 15 is 0 Å². The molecule has 0 heterocycles. The van der Waals surface area contributed by atoms with E-state index in [1.165, 1.54) is 11.6 Å². The van der Waals surface area contributed by atoms with Crippen LogP contribution >= 0.6 is 24.8 Å². The fraction of sp³-hybridized carbons (Fsp3) is 0.400. The Bertz CT molecular complexity index is 642. The van der Waals surface area contributed by atoms with E-state index in [0.717, 1.165) is 12.0 Å². The molecule has 0 aliphatic rings. The maximum atomic E-state index is 10.7. The van der Waals surface area contributed by atoms with Crippen LogP contribution in [0.15, 0.2) is 54.6 Å². The SMILES string of the molecule is CNC(C)Cc1ccccc1[N+](=O)[O-].CN[C@@H](C)Cc1ccccc1.Cl.Cl. The molecule has 7 heteroatoms. The van der Waals surface area contributed by atoms with Crippen molar-refractivity contribution in [3.05, 3.63) is 75.8 Å². The van der Waals surface area contributed by atoms with Gasteiger partial charge in [0.1, 0.15) is 0 Å². The van der Waals surface area contributed by atoms with Crippen LogP contribution in [0.5, 0.6) is 0 Å². The summed E-state index contributed by atoms with van der Waals surface area (Å²) in [6, 6.07) is 18.2. The van der Waals surface area contributed by atoms with Gasteiger partial charge in [0, 0.05) is 23.7 Å². The lowest BCUT2D eigenvalue weighted by Crippen LogP contribution is -2.23. The van der Waals surface area contributed by atoms with E-state index in [4.69, 9.17) is 0 Å². The van der Waals surface area contributed by atoms with Gasteiger partial charge >= 0.3 is 0 Å². The summed E-state index contributed by atoms with van der Waals surface area (Å²) in [5.41, 5.74) is 2.38. The van der Waals surface area contributed by atoms with Gasteiger partial charge in [-0.2, -0.15) is 0 Å². The van der Waals surface area contributed by atoms with Crippen molar-refractivity contribution in [1.82, 2.24) is 10.6 Å². The molecule has 1 unspecified atom stereocenters. The fourth-order valence-corrected chi connectivity index (χ4v) is 2.36. The Morgan fingerprint density at radius 1 is 0.852 bits per heavy atom.